The highest BCUT2D eigenvalue weighted by atomic mass is 16.4. The lowest BCUT2D eigenvalue weighted by molar-refractivity contribution is -0.140. The van der Waals surface area contributed by atoms with Gasteiger partial charge in [-0.1, -0.05) is 19.8 Å². The molecule has 110 valence electrons. The average Bonchev–Trinajstić information content (AvgIpc) is 2.39. The number of aliphatic carboxylic acids is 1. The molecule has 6 N–H and O–H groups in total. The van der Waals surface area contributed by atoms with Crippen LogP contribution < -0.4 is 11.1 Å². The van der Waals surface area contributed by atoms with Crippen molar-refractivity contribution < 1.29 is 19.9 Å². The Morgan fingerprint density at radius 3 is 2.32 bits per heavy atom. The van der Waals surface area contributed by atoms with E-state index in [1.807, 2.05) is 6.92 Å². The van der Waals surface area contributed by atoms with Gasteiger partial charge in [-0.2, -0.15) is 0 Å². The van der Waals surface area contributed by atoms with Gasteiger partial charge in [0.25, 0.3) is 0 Å². The number of rotatable bonds is 4. The van der Waals surface area contributed by atoms with Crippen LogP contribution in [0, 0.1) is 12.8 Å². The van der Waals surface area contributed by atoms with E-state index in [1.165, 1.54) is 0 Å². The Bertz CT molecular complexity index is 249. The maximum absolute atomic E-state index is 10.4. The van der Waals surface area contributed by atoms with Crippen molar-refractivity contribution in [3.63, 3.8) is 0 Å². The van der Waals surface area contributed by atoms with Gasteiger partial charge in [0.15, 0.2) is 0 Å². The van der Waals surface area contributed by atoms with Gasteiger partial charge in [-0.15, -0.1) is 12.8 Å². The van der Waals surface area contributed by atoms with Crippen LogP contribution in [0.3, 0.4) is 0 Å². The Balaban J connectivity index is 0. The molecule has 0 aromatic carbocycles. The first kappa shape index (κ1) is 20.3. The molecule has 0 aromatic rings. The molecule has 1 rings (SSSR count). The molecule has 7 heteroatoms. The van der Waals surface area contributed by atoms with Crippen LogP contribution in [0.25, 0.3) is 0 Å². The van der Waals surface area contributed by atoms with Crippen LogP contribution in [-0.2, 0) is 4.79 Å². The molecule has 0 aliphatic carbocycles. The normalized spacial score (nSPS) is 21.2. The van der Waals surface area contributed by atoms with Crippen LogP contribution in [0.4, 0.5) is 0 Å². The zero-order valence-corrected chi connectivity index (χ0v) is 11.5. The van der Waals surface area contributed by atoms with Gasteiger partial charge in [-0.05, 0) is 25.7 Å². The minimum Gasteiger partial charge on any atom is -0.480 e. The summed E-state index contributed by atoms with van der Waals surface area (Å²) in [7, 11) is -1.10. The van der Waals surface area contributed by atoms with Crippen LogP contribution in [-0.4, -0.2) is 46.9 Å². The summed E-state index contributed by atoms with van der Waals surface area (Å²) in [6.07, 6.45) is 11.9. The molecule has 0 saturated carbocycles. The third-order valence-electron chi connectivity index (χ3n) is 2.56. The van der Waals surface area contributed by atoms with Crippen molar-refractivity contribution >= 4 is 13.1 Å². The quantitative estimate of drug-likeness (QED) is 0.353. The number of piperidine rings is 1. The number of carboxylic acids is 1. The van der Waals surface area contributed by atoms with Crippen molar-refractivity contribution in [2.75, 3.05) is 6.54 Å². The molecule has 0 amide bonds. The number of carboxylic acid groups (broad SMARTS) is 1. The van der Waals surface area contributed by atoms with Gasteiger partial charge in [0.2, 0.25) is 0 Å². The fourth-order valence-corrected chi connectivity index (χ4v) is 1.52. The maximum Gasteiger partial charge on any atom is 0.451 e. The third-order valence-corrected chi connectivity index (χ3v) is 2.56. The fourth-order valence-electron chi connectivity index (χ4n) is 1.52. The van der Waals surface area contributed by atoms with Crippen molar-refractivity contribution in [1.29, 1.82) is 0 Å². The van der Waals surface area contributed by atoms with E-state index < -0.39 is 19.1 Å². The fraction of sp³-hybridized carbons (Fsp3) is 0.750. The molecule has 0 aromatic heterocycles. The molecule has 1 heterocycles. The zero-order chi connectivity index (χ0) is 15.3. The molecule has 0 spiro atoms. The summed E-state index contributed by atoms with van der Waals surface area (Å²) in [5.74, 6) is -0.796. The number of terminal acetylenes is 1. The second-order valence-corrected chi connectivity index (χ2v) is 4.25. The van der Waals surface area contributed by atoms with Crippen molar-refractivity contribution in [1.82, 2.24) is 5.32 Å². The Hall–Kier alpha value is -1.07. The zero-order valence-electron chi connectivity index (χ0n) is 11.5. The molecule has 0 bridgehead atoms. The van der Waals surface area contributed by atoms with Crippen molar-refractivity contribution in [2.45, 2.75) is 51.0 Å². The first-order valence-electron chi connectivity index (χ1n) is 6.38. The molecule has 19 heavy (non-hydrogen) atoms. The van der Waals surface area contributed by atoms with E-state index in [0.29, 0.717) is 12.7 Å². The van der Waals surface area contributed by atoms with Crippen LogP contribution in [0.15, 0.2) is 0 Å². The predicted molar refractivity (Wildman–Crippen MR) is 76.4 cm³/mol. The monoisotopic (exact) mass is 272 g/mol. The molecule has 2 atom stereocenters. The molecule has 1 saturated heterocycles. The molecule has 1 fully saturated rings. The number of hydrogen-bond donors (Lipinski definition) is 5. The van der Waals surface area contributed by atoms with Crippen molar-refractivity contribution in [3.8, 4) is 12.8 Å². The van der Waals surface area contributed by atoms with Gasteiger partial charge in [0.05, 0.1) is 0 Å². The Labute approximate surface area is 115 Å². The summed E-state index contributed by atoms with van der Waals surface area (Å²) < 4.78 is 0. The SMILES string of the molecule is C#C.CCCCB(O)O.N[C@H]1CCN[C@@H](C(=O)O)C1. The summed E-state index contributed by atoms with van der Waals surface area (Å²) >= 11 is 0. The minimum absolute atomic E-state index is 0.0577. The van der Waals surface area contributed by atoms with Gasteiger partial charge < -0.3 is 26.2 Å². The van der Waals surface area contributed by atoms with Crippen molar-refractivity contribution in [3.05, 3.63) is 0 Å². The van der Waals surface area contributed by atoms with Gasteiger partial charge in [-0.25, -0.2) is 0 Å². The Morgan fingerprint density at radius 2 is 2.05 bits per heavy atom. The smallest absolute Gasteiger partial charge is 0.451 e. The lowest BCUT2D eigenvalue weighted by Crippen LogP contribution is -2.47. The number of nitrogens with two attached hydrogens (primary N) is 1. The Morgan fingerprint density at radius 1 is 1.47 bits per heavy atom. The van der Waals surface area contributed by atoms with Crippen molar-refractivity contribution in [2.24, 2.45) is 5.73 Å². The first-order valence-corrected chi connectivity index (χ1v) is 6.38. The second kappa shape index (κ2) is 13.4. The predicted octanol–water partition coefficient (Wildman–Crippen LogP) is -0.341. The molecular formula is C12H25BN2O4. The first-order chi connectivity index (χ1) is 8.97. The van der Waals surface area contributed by atoms with Gasteiger partial charge in [0.1, 0.15) is 6.04 Å². The second-order valence-electron chi connectivity index (χ2n) is 4.25. The van der Waals surface area contributed by atoms with Gasteiger partial charge in [0, 0.05) is 6.04 Å². The molecule has 6 nitrogen and oxygen atoms in total. The number of hydrogen-bond acceptors (Lipinski definition) is 5. The van der Waals surface area contributed by atoms with E-state index in [4.69, 9.17) is 20.9 Å². The summed E-state index contributed by atoms with van der Waals surface area (Å²) in [6.45, 7) is 2.74. The number of unbranched alkanes of at least 4 members (excludes halogenated alkanes) is 1. The molecule has 1 aliphatic rings. The maximum atomic E-state index is 10.4. The average molecular weight is 272 g/mol. The summed E-state index contributed by atoms with van der Waals surface area (Å²) in [6, 6.07) is -0.369. The lowest BCUT2D eigenvalue weighted by Gasteiger charge is -2.24. The highest BCUT2D eigenvalue weighted by Gasteiger charge is 2.23. The van der Waals surface area contributed by atoms with E-state index >= 15 is 0 Å². The molecule has 1 aliphatic heterocycles. The van der Waals surface area contributed by atoms with Crippen LogP contribution >= 0.6 is 0 Å². The third kappa shape index (κ3) is 13.2. The summed E-state index contributed by atoms with van der Waals surface area (Å²) in [4.78, 5) is 10.4. The minimum atomic E-state index is -1.10. The van der Waals surface area contributed by atoms with E-state index in [1.54, 1.807) is 0 Å². The van der Waals surface area contributed by atoms with Crippen LogP contribution in [0.1, 0.15) is 32.6 Å². The number of nitrogens with one attached hydrogen (secondary N) is 1. The largest absolute Gasteiger partial charge is 0.480 e. The highest BCUT2D eigenvalue weighted by Crippen LogP contribution is 2.05. The van der Waals surface area contributed by atoms with E-state index in [-0.39, 0.29) is 6.04 Å². The van der Waals surface area contributed by atoms with Crippen LogP contribution in [0.2, 0.25) is 6.32 Å². The van der Waals surface area contributed by atoms with E-state index in [2.05, 4.69) is 18.2 Å². The van der Waals surface area contributed by atoms with E-state index in [9.17, 15) is 4.79 Å². The molecule has 0 unspecified atom stereocenters. The Kier molecular flexibility index (Phi) is 14.3. The highest BCUT2D eigenvalue weighted by molar-refractivity contribution is 6.40. The molecule has 0 radical (unpaired) electrons. The lowest BCUT2D eigenvalue weighted by atomic mass is 9.84. The summed E-state index contributed by atoms with van der Waals surface area (Å²) in [5, 5.41) is 27.9. The van der Waals surface area contributed by atoms with Crippen LogP contribution in [0.5, 0.6) is 0 Å². The molecular weight excluding hydrogens is 247 g/mol. The standard InChI is InChI=1S/C6H12N2O2.C4H11BO2.C2H2/c7-4-1-2-8-5(3-4)6(9)10;1-2-3-4-5(6)7;1-2/h4-5,8H,1-3,7H2,(H,9,10);6-7H,2-4H2,1H3;1-2H/t4-,5+;;/m0../s1. The summed E-state index contributed by atoms with van der Waals surface area (Å²) in [5.41, 5.74) is 5.56. The van der Waals surface area contributed by atoms with Gasteiger partial charge in [-0.3, -0.25) is 4.79 Å². The number of carbonyl (C=O) groups is 1. The van der Waals surface area contributed by atoms with Gasteiger partial charge >= 0.3 is 13.1 Å². The topological polar surface area (TPSA) is 116 Å². The van der Waals surface area contributed by atoms with E-state index in [0.717, 1.165) is 25.8 Å².